The van der Waals surface area contributed by atoms with Gasteiger partial charge >= 0.3 is 0 Å². The van der Waals surface area contributed by atoms with Crippen molar-refractivity contribution in [3.8, 4) is 0 Å². The molecular weight excluding hydrogens is 190 g/mol. The lowest BCUT2D eigenvalue weighted by Gasteiger charge is -2.31. The Morgan fingerprint density at radius 3 is 2.13 bits per heavy atom. The molecule has 0 aromatic rings. The van der Waals surface area contributed by atoms with Gasteiger partial charge in [-0.1, -0.05) is 19.3 Å². The van der Waals surface area contributed by atoms with Gasteiger partial charge in [0.25, 0.3) is 0 Å². The minimum absolute atomic E-state index is 0.153. The molecule has 1 rings (SSSR count). The van der Waals surface area contributed by atoms with Crippen LogP contribution in [0.15, 0.2) is 0 Å². The minimum atomic E-state index is -0.243. The quantitative estimate of drug-likeness (QED) is 0.712. The molecular formula is C11H23N3O. The maximum Gasteiger partial charge on any atom is 0.219 e. The first-order valence-electron chi connectivity index (χ1n) is 5.96. The van der Waals surface area contributed by atoms with E-state index in [0.29, 0.717) is 13.0 Å². The minimum Gasteiger partial charge on any atom is -0.370 e. The van der Waals surface area contributed by atoms with Gasteiger partial charge < -0.3 is 11.5 Å². The van der Waals surface area contributed by atoms with Crippen LogP contribution in [0.3, 0.4) is 0 Å². The molecule has 4 N–H and O–H groups in total. The second-order valence-corrected chi connectivity index (χ2v) is 4.36. The number of amides is 1. The lowest BCUT2D eigenvalue weighted by atomic mass is 10.1. The van der Waals surface area contributed by atoms with Crippen molar-refractivity contribution in [2.24, 2.45) is 11.5 Å². The van der Waals surface area contributed by atoms with Gasteiger partial charge in [0.1, 0.15) is 0 Å². The molecule has 4 nitrogen and oxygen atoms in total. The van der Waals surface area contributed by atoms with Gasteiger partial charge in [-0.15, -0.1) is 0 Å². The Morgan fingerprint density at radius 2 is 1.67 bits per heavy atom. The zero-order valence-electron chi connectivity index (χ0n) is 9.45. The molecule has 1 fully saturated rings. The molecule has 1 unspecified atom stereocenters. The van der Waals surface area contributed by atoms with Crippen molar-refractivity contribution >= 4 is 5.91 Å². The molecule has 0 radical (unpaired) electrons. The highest BCUT2D eigenvalue weighted by molar-refractivity contribution is 5.74. The number of hydrogen-bond donors (Lipinski definition) is 2. The molecule has 0 aliphatic carbocycles. The number of nitrogens with zero attached hydrogens (tertiary/aromatic N) is 1. The van der Waals surface area contributed by atoms with E-state index in [2.05, 4.69) is 4.90 Å². The topological polar surface area (TPSA) is 72.3 Å². The first kappa shape index (κ1) is 12.5. The third-order valence-electron chi connectivity index (χ3n) is 3.12. The third kappa shape index (κ3) is 4.62. The highest BCUT2D eigenvalue weighted by Crippen LogP contribution is 2.13. The first-order chi connectivity index (χ1) is 7.24. The van der Waals surface area contributed by atoms with E-state index in [9.17, 15) is 4.79 Å². The molecule has 0 spiro atoms. The van der Waals surface area contributed by atoms with E-state index in [1.165, 1.54) is 32.1 Å². The summed E-state index contributed by atoms with van der Waals surface area (Å²) in [6.07, 6.45) is 6.77. The van der Waals surface area contributed by atoms with E-state index in [1.54, 1.807) is 0 Å². The Balaban J connectivity index is 2.44. The summed E-state index contributed by atoms with van der Waals surface area (Å²) >= 11 is 0. The number of nitrogens with two attached hydrogens (primary N) is 2. The van der Waals surface area contributed by atoms with Gasteiger partial charge in [-0.2, -0.15) is 0 Å². The van der Waals surface area contributed by atoms with Gasteiger partial charge in [0, 0.05) is 19.0 Å². The molecule has 1 heterocycles. The summed E-state index contributed by atoms with van der Waals surface area (Å²) in [6, 6.07) is 0.153. The summed E-state index contributed by atoms with van der Waals surface area (Å²) in [7, 11) is 0. The molecule has 1 saturated heterocycles. The molecule has 1 aliphatic rings. The van der Waals surface area contributed by atoms with E-state index in [-0.39, 0.29) is 11.9 Å². The van der Waals surface area contributed by atoms with Crippen LogP contribution in [0.1, 0.15) is 38.5 Å². The van der Waals surface area contributed by atoms with Crippen molar-refractivity contribution in [2.75, 3.05) is 19.6 Å². The highest BCUT2D eigenvalue weighted by Gasteiger charge is 2.19. The van der Waals surface area contributed by atoms with Gasteiger partial charge in [0.05, 0.1) is 0 Å². The molecule has 0 aromatic heterocycles. The number of primary amides is 1. The largest absolute Gasteiger partial charge is 0.370 e. The van der Waals surface area contributed by atoms with Crippen LogP contribution in [0.5, 0.6) is 0 Å². The van der Waals surface area contributed by atoms with Gasteiger partial charge in [0.2, 0.25) is 5.91 Å². The summed E-state index contributed by atoms with van der Waals surface area (Å²) < 4.78 is 0. The second kappa shape index (κ2) is 6.80. The SMILES string of the molecule is NCC(CC(N)=O)N1CCCCCCC1. The summed E-state index contributed by atoms with van der Waals surface area (Å²) in [5.41, 5.74) is 10.9. The Bertz CT molecular complexity index is 188. The van der Waals surface area contributed by atoms with Crippen molar-refractivity contribution in [3.63, 3.8) is 0 Å². The smallest absolute Gasteiger partial charge is 0.219 e. The van der Waals surface area contributed by atoms with Crippen LogP contribution in [0.2, 0.25) is 0 Å². The lowest BCUT2D eigenvalue weighted by molar-refractivity contribution is -0.119. The van der Waals surface area contributed by atoms with Crippen LogP contribution < -0.4 is 11.5 Å². The molecule has 0 bridgehead atoms. The predicted molar refractivity (Wildman–Crippen MR) is 61.3 cm³/mol. The average Bonchev–Trinajstić information content (AvgIpc) is 2.14. The fourth-order valence-corrected chi connectivity index (χ4v) is 2.23. The third-order valence-corrected chi connectivity index (χ3v) is 3.12. The number of hydrogen-bond acceptors (Lipinski definition) is 3. The number of likely N-dealkylation sites (tertiary alicyclic amines) is 1. The van der Waals surface area contributed by atoms with Crippen molar-refractivity contribution < 1.29 is 4.79 Å². The van der Waals surface area contributed by atoms with E-state index < -0.39 is 0 Å². The molecule has 1 aliphatic heterocycles. The lowest BCUT2D eigenvalue weighted by Crippen LogP contribution is -2.44. The standard InChI is InChI=1S/C11H23N3O/c12-9-10(8-11(13)15)14-6-4-2-1-3-5-7-14/h10H,1-9,12H2,(H2,13,15). The van der Waals surface area contributed by atoms with Gasteiger partial charge in [-0.25, -0.2) is 0 Å². The molecule has 0 saturated carbocycles. The molecule has 88 valence electrons. The normalized spacial score (nSPS) is 21.7. The number of carbonyl (C=O) groups excluding carboxylic acids is 1. The van der Waals surface area contributed by atoms with E-state index in [0.717, 1.165) is 13.1 Å². The predicted octanol–water partition coefficient (Wildman–Crippen LogP) is 0.455. The Labute approximate surface area is 92.0 Å². The second-order valence-electron chi connectivity index (χ2n) is 4.36. The molecule has 15 heavy (non-hydrogen) atoms. The van der Waals surface area contributed by atoms with Crippen LogP contribution in [-0.2, 0) is 4.79 Å². The Morgan fingerprint density at radius 1 is 1.13 bits per heavy atom. The Kier molecular flexibility index (Phi) is 5.65. The zero-order chi connectivity index (χ0) is 11.1. The summed E-state index contributed by atoms with van der Waals surface area (Å²) in [6.45, 7) is 2.66. The number of rotatable bonds is 4. The van der Waals surface area contributed by atoms with Crippen LogP contribution in [0.25, 0.3) is 0 Å². The summed E-state index contributed by atoms with van der Waals surface area (Å²) in [5.74, 6) is -0.243. The summed E-state index contributed by atoms with van der Waals surface area (Å²) in [5, 5.41) is 0. The molecule has 0 aromatic carbocycles. The fourth-order valence-electron chi connectivity index (χ4n) is 2.23. The maximum atomic E-state index is 10.9. The van der Waals surface area contributed by atoms with Crippen molar-refractivity contribution in [3.05, 3.63) is 0 Å². The Hall–Kier alpha value is -0.610. The molecule has 4 heteroatoms. The highest BCUT2D eigenvalue weighted by atomic mass is 16.1. The average molecular weight is 213 g/mol. The molecule has 1 atom stereocenters. The first-order valence-corrected chi connectivity index (χ1v) is 5.96. The van der Waals surface area contributed by atoms with Gasteiger partial charge in [-0.05, 0) is 25.9 Å². The number of carbonyl (C=O) groups is 1. The van der Waals surface area contributed by atoms with Crippen LogP contribution >= 0.6 is 0 Å². The molecule has 1 amide bonds. The summed E-state index contributed by atoms with van der Waals surface area (Å²) in [4.78, 5) is 13.2. The van der Waals surface area contributed by atoms with E-state index in [1.807, 2.05) is 0 Å². The van der Waals surface area contributed by atoms with Crippen LogP contribution in [0.4, 0.5) is 0 Å². The van der Waals surface area contributed by atoms with E-state index in [4.69, 9.17) is 11.5 Å². The van der Waals surface area contributed by atoms with Crippen LogP contribution in [-0.4, -0.2) is 36.5 Å². The maximum absolute atomic E-state index is 10.9. The van der Waals surface area contributed by atoms with Crippen molar-refractivity contribution in [1.82, 2.24) is 4.90 Å². The van der Waals surface area contributed by atoms with Gasteiger partial charge in [0.15, 0.2) is 0 Å². The monoisotopic (exact) mass is 213 g/mol. The van der Waals surface area contributed by atoms with Crippen molar-refractivity contribution in [1.29, 1.82) is 0 Å². The van der Waals surface area contributed by atoms with Crippen molar-refractivity contribution in [2.45, 2.75) is 44.6 Å². The van der Waals surface area contributed by atoms with E-state index >= 15 is 0 Å². The fraction of sp³-hybridized carbons (Fsp3) is 0.909. The van der Waals surface area contributed by atoms with Gasteiger partial charge in [-0.3, -0.25) is 9.69 Å². The van der Waals surface area contributed by atoms with Crippen LogP contribution in [0, 0.1) is 0 Å². The zero-order valence-corrected chi connectivity index (χ0v) is 9.45.